The SMILES string of the molecule is CC(=O)O.Cc1cccc(C)c1C=NCC(=N)N. The van der Waals surface area contributed by atoms with E-state index in [1.54, 1.807) is 6.21 Å². The molecule has 98 valence electrons. The number of aliphatic carboxylic acids is 1. The Hall–Kier alpha value is -2.17. The second-order valence-electron chi connectivity index (χ2n) is 3.82. The predicted octanol–water partition coefficient (Wildman–Crippen LogP) is 1.75. The molecule has 5 heteroatoms. The van der Waals surface area contributed by atoms with Gasteiger partial charge in [0.15, 0.2) is 0 Å². The van der Waals surface area contributed by atoms with Gasteiger partial charge in [-0.05, 0) is 30.5 Å². The Morgan fingerprint density at radius 3 is 2.28 bits per heavy atom. The van der Waals surface area contributed by atoms with Crippen molar-refractivity contribution in [3.05, 3.63) is 34.9 Å². The smallest absolute Gasteiger partial charge is 0.300 e. The summed E-state index contributed by atoms with van der Waals surface area (Å²) >= 11 is 0. The first-order valence-electron chi connectivity index (χ1n) is 5.43. The van der Waals surface area contributed by atoms with E-state index < -0.39 is 5.97 Å². The molecule has 18 heavy (non-hydrogen) atoms. The summed E-state index contributed by atoms with van der Waals surface area (Å²) in [5.41, 5.74) is 8.71. The molecule has 0 fully saturated rings. The molecule has 4 N–H and O–H groups in total. The molecule has 1 aromatic carbocycles. The Kier molecular flexibility index (Phi) is 7.04. The molecule has 0 atom stereocenters. The van der Waals surface area contributed by atoms with E-state index in [0.717, 1.165) is 12.5 Å². The van der Waals surface area contributed by atoms with Crippen molar-refractivity contribution in [3.8, 4) is 0 Å². The molecule has 5 nitrogen and oxygen atoms in total. The number of carboxylic acid groups (broad SMARTS) is 1. The Morgan fingerprint density at radius 1 is 1.44 bits per heavy atom. The van der Waals surface area contributed by atoms with Gasteiger partial charge in [-0.15, -0.1) is 0 Å². The summed E-state index contributed by atoms with van der Waals surface area (Å²) in [4.78, 5) is 13.1. The van der Waals surface area contributed by atoms with Crippen LogP contribution in [-0.2, 0) is 4.79 Å². The zero-order valence-electron chi connectivity index (χ0n) is 10.9. The lowest BCUT2D eigenvalue weighted by molar-refractivity contribution is -0.134. The van der Waals surface area contributed by atoms with Crippen molar-refractivity contribution in [1.29, 1.82) is 5.41 Å². The maximum absolute atomic E-state index is 9.00. The van der Waals surface area contributed by atoms with Crippen molar-refractivity contribution < 1.29 is 9.90 Å². The highest BCUT2D eigenvalue weighted by molar-refractivity contribution is 5.86. The van der Waals surface area contributed by atoms with Crippen LogP contribution in [0, 0.1) is 19.3 Å². The molecular formula is C13H19N3O2. The van der Waals surface area contributed by atoms with Gasteiger partial charge in [-0.25, -0.2) is 0 Å². The number of carboxylic acids is 1. The second-order valence-corrected chi connectivity index (χ2v) is 3.82. The minimum Gasteiger partial charge on any atom is -0.481 e. The number of aliphatic imine (C=N–C) groups is 1. The maximum atomic E-state index is 9.00. The summed E-state index contributed by atoms with van der Waals surface area (Å²) in [5.74, 6) is -0.743. The number of hydrogen-bond donors (Lipinski definition) is 3. The van der Waals surface area contributed by atoms with Gasteiger partial charge in [0, 0.05) is 13.1 Å². The van der Waals surface area contributed by atoms with Gasteiger partial charge in [0.2, 0.25) is 0 Å². The Morgan fingerprint density at radius 2 is 1.89 bits per heavy atom. The zero-order chi connectivity index (χ0) is 14.1. The van der Waals surface area contributed by atoms with Crippen LogP contribution in [0.15, 0.2) is 23.2 Å². The average Bonchev–Trinajstić information content (AvgIpc) is 2.21. The number of nitrogens with two attached hydrogens (primary N) is 1. The predicted molar refractivity (Wildman–Crippen MR) is 73.6 cm³/mol. The third-order valence-electron chi connectivity index (χ3n) is 2.02. The van der Waals surface area contributed by atoms with Crippen LogP contribution in [0.2, 0.25) is 0 Å². The van der Waals surface area contributed by atoms with E-state index in [1.807, 2.05) is 32.0 Å². The van der Waals surface area contributed by atoms with Gasteiger partial charge in [-0.1, -0.05) is 18.2 Å². The number of rotatable bonds is 3. The van der Waals surface area contributed by atoms with Crippen molar-refractivity contribution in [2.45, 2.75) is 20.8 Å². The largest absolute Gasteiger partial charge is 0.481 e. The third-order valence-corrected chi connectivity index (χ3v) is 2.02. The monoisotopic (exact) mass is 249 g/mol. The Labute approximate surface area is 107 Å². The fourth-order valence-electron chi connectivity index (χ4n) is 1.27. The molecule has 0 unspecified atom stereocenters. The lowest BCUT2D eigenvalue weighted by Gasteiger charge is -2.03. The van der Waals surface area contributed by atoms with Gasteiger partial charge in [-0.2, -0.15) is 0 Å². The molecule has 0 aliphatic rings. The molecule has 0 aromatic heterocycles. The van der Waals surface area contributed by atoms with Gasteiger partial charge in [0.1, 0.15) is 5.84 Å². The highest BCUT2D eigenvalue weighted by Gasteiger charge is 1.97. The molecule has 0 amide bonds. The Bertz CT molecular complexity index is 429. The first-order chi connectivity index (χ1) is 8.34. The molecule has 1 aromatic rings. The minimum atomic E-state index is -0.833. The molecule has 0 bridgehead atoms. The fraction of sp³-hybridized carbons (Fsp3) is 0.308. The molecular weight excluding hydrogens is 230 g/mol. The molecule has 0 aliphatic carbocycles. The van der Waals surface area contributed by atoms with Crippen LogP contribution in [0.1, 0.15) is 23.6 Å². The zero-order valence-corrected chi connectivity index (χ0v) is 10.9. The number of nitrogens with one attached hydrogen (secondary N) is 1. The molecule has 0 aliphatic heterocycles. The lowest BCUT2D eigenvalue weighted by atomic mass is 10.0. The van der Waals surface area contributed by atoms with Gasteiger partial charge in [-0.3, -0.25) is 15.2 Å². The van der Waals surface area contributed by atoms with Gasteiger partial charge < -0.3 is 10.8 Å². The van der Waals surface area contributed by atoms with E-state index in [1.165, 1.54) is 11.1 Å². The number of amidine groups is 1. The molecule has 0 saturated carbocycles. The Balaban J connectivity index is 0.000000631. The summed E-state index contributed by atoms with van der Waals surface area (Å²) in [7, 11) is 0. The molecule has 1 rings (SSSR count). The quantitative estimate of drug-likeness (QED) is 0.562. The van der Waals surface area contributed by atoms with Crippen molar-refractivity contribution in [1.82, 2.24) is 0 Å². The first-order valence-corrected chi connectivity index (χ1v) is 5.43. The van der Waals surface area contributed by atoms with Crippen LogP contribution < -0.4 is 5.73 Å². The highest BCUT2D eigenvalue weighted by atomic mass is 16.4. The number of aryl methyl sites for hydroxylation is 2. The number of carbonyl (C=O) groups is 1. The third kappa shape index (κ3) is 7.16. The number of hydrogen-bond acceptors (Lipinski definition) is 3. The van der Waals surface area contributed by atoms with Crippen LogP contribution >= 0.6 is 0 Å². The summed E-state index contributed by atoms with van der Waals surface area (Å²) < 4.78 is 0. The minimum absolute atomic E-state index is 0.0903. The van der Waals surface area contributed by atoms with Crippen molar-refractivity contribution in [2.24, 2.45) is 10.7 Å². The normalized spacial score (nSPS) is 9.72. The van der Waals surface area contributed by atoms with E-state index in [-0.39, 0.29) is 12.4 Å². The van der Waals surface area contributed by atoms with Crippen molar-refractivity contribution >= 4 is 18.0 Å². The van der Waals surface area contributed by atoms with Crippen LogP contribution in [0.3, 0.4) is 0 Å². The number of nitrogens with zero attached hydrogens (tertiary/aromatic N) is 1. The van der Waals surface area contributed by atoms with Crippen molar-refractivity contribution in [3.63, 3.8) is 0 Å². The summed E-state index contributed by atoms with van der Waals surface area (Å²) in [6, 6.07) is 6.11. The van der Waals surface area contributed by atoms with Crippen molar-refractivity contribution in [2.75, 3.05) is 6.54 Å². The summed E-state index contributed by atoms with van der Waals surface area (Å²) in [5, 5.41) is 14.4. The standard InChI is InChI=1S/C11H15N3.C2H4O2/c1-8-4-3-5-9(2)10(8)6-14-7-11(12)13;1-2(3)4/h3-6H,7H2,1-2H3,(H3,12,13);1H3,(H,3,4). The van der Waals surface area contributed by atoms with E-state index in [9.17, 15) is 0 Å². The average molecular weight is 249 g/mol. The van der Waals surface area contributed by atoms with E-state index in [0.29, 0.717) is 0 Å². The van der Waals surface area contributed by atoms with Gasteiger partial charge in [0.05, 0.1) is 6.54 Å². The fourth-order valence-corrected chi connectivity index (χ4v) is 1.27. The van der Waals surface area contributed by atoms with E-state index in [2.05, 4.69) is 4.99 Å². The summed E-state index contributed by atoms with van der Waals surface area (Å²) in [6.45, 7) is 5.44. The van der Waals surface area contributed by atoms with Crippen LogP contribution in [0.5, 0.6) is 0 Å². The molecule has 0 saturated heterocycles. The first kappa shape index (κ1) is 15.8. The lowest BCUT2D eigenvalue weighted by Crippen LogP contribution is -2.13. The highest BCUT2D eigenvalue weighted by Crippen LogP contribution is 2.10. The van der Waals surface area contributed by atoms with Gasteiger partial charge >= 0.3 is 0 Å². The second kappa shape index (κ2) is 8.00. The van der Waals surface area contributed by atoms with Crippen LogP contribution in [0.4, 0.5) is 0 Å². The topological polar surface area (TPSA) is 99.5 Å². The molecule has 0 radical (unpaired) electrons. The van der Waals surface area contributed by atoms with E-state index in [4.69, 9.17) is 21.0 Å². The molecule has 0 spiro atoms. The van der Waals surface area contributed by atoms with E-state index >= 15 is 0 Å². The summed E-state index contributed by atoms with van der Waals surface area (Å²) in [6.07, 6.45) is 1.78. The van der Waals surface area contributed by atoms with Gasteiger partial charge in [0.25, 0.3) is 5.97 Å². The maximum Gasteiger partial charge on any atom is 0.300 e. The van der Waals surface area contributed by atoms with Crippen LogP contribution in [0.25, 0.3) is 0 Å². The van der Waals surface area contributed by atoms with Crippen LogP contribution in [-0.4, -0.2) is 29.7 Å². The molecule has 0 heterocycles. The number of benzene rings is 1.